The van der Waals surface area contributed by atoms with Gasteiger partial charge in [0, 0.05) is 11.4 Å². The average molecular weight is 394 g/mol. The molecule has 5 nitrogen and oxygen atoms in total. The molecule has 2 aromatic rings. The Kier molecular flexibility index (Phi) is 5.50. The van der Waals surface area contributed by atoms with E-state index in [9.17, 15) is 35.2 Å². The molecule has 2 rings (SSSR count). The highest BCUT2D eigenvalue weighted by atomic mass is 32.2. The van der Waals surface area contributed by atoms with E-state index in [4.69, 9.17) is 0 Å². The summed E-state index contributed by atoms with van der Waals surface area (Å²) in [4.78, 5) is 11.8. The molecule has 1 amide bonds. The van der Waals surface area contributed by atoms with Gasteiger partial charge in [-0.3, -0.25) is 9.52 Å². The minimum atomic E-state index is -5.54. The number of carbonyl (C=O) groups excluding carboxylic acids is 1. The highest BCUT2D eigenvalue weighted by Crippen LogP contribution is 2.26. The van der Waals surface area contributed by atoms with Crippen molar-refractivity contribution >= 4 is 27.3 Å². The zero-order valence-corrected chi connectivity index (χ0v) is 13.6. The topological polar surface area (TPSA) is 75.3 Å². The van der Waals surface area contributed by atoms with E-state index in [1.807, 2.05) is 0 Å². The monoisotopic (exact) mass is 394 g/mol. The molecule has 0 aliphatic carbocycles. The summed E-state index contributed by atoms with van der Waals surface area (Å²) < 4.78 is 86.0. The number of halogens is 5. The quantitative estimate of drug-likeness (QED) is 0.764. The van der Waals surface area contributed by atoms with Gasteiger partial charge < -0.3 is 5.32 Å². The standard InChI is InChI=1S/C15H11F5N2O3S/c16-12-6-1-9(7-13(12)17)8-14(23)21-10-2-4-11(5-3-10)22-26(24,25)15(18,19)20/h1-7,22H,8H2,(H,21,23). The van der Waals surface area contributed by atoms with Gasteiger partial charge in [-0.05, 0) is 42.0 Å². The van der Waals surface area contributed by atoms with Gasteiger partial charge >= 0.3 is 15.5 Å². The van der Waals surface area contributed by atoms with Crippen LogP contribution in [-0.4, -0.2) is 19.8 Å². The predicted octanol–water partition coefficient (Wildman–Crippen LogP) is 3.41. The molecule has 0 fully saturated rings. The molecule has 0 aromatic heterocycles. The molecule has 0 aliphatic rings. The SMILES string of the molecule is O=C(Cc1ccc(F)c(F)c1)Nc1ccc(NS(=O)(=O)C(F)(F)F)cc1. The van der Waals surface area contributed by atoms with Crippen molar-refractivity contribution in [2.75, 3.05) is 10.0 Å². The number of rotatable bonds is 5. The van der Waals surface area contributed by atoms with Crippen LogP contribution in [0.3, 0.4) is 0 Å². The van der Waals surface area contributed by atoms with E-state index in [-0.39, 0.29) is 23.4 Å². The van der Waals surface area contributed by atoms with Crippen molar-refractivity contribution < 1.29 is 35.2 Å². The van der Waals surface area contributed by atoms with Crippen LogP contribution in [0.15, 0.2) is 42.5 Å². The summed E-state index contributed by atoms with van der Waals surface area (Å²) in [6, 6.07) is 7.37. The van der Waals surface area contributed by atoms with Crippen LogP contribution in [0.2, 0.25) is 0 Å². The summed E-state index contributed by atoms with van der Waals surface area (Å²) >= 11 is 0. The zero-order chi connectivity index (χ0) is 19.5. The Morgan fingerprint density at radius 1 is 0.923 bits per heavy atom. The maximum absolute atomic E-state index is 13.1. The van der Waals surface area contributed by atoms with Crippen molar-refractivity contribution in [2.45, 2.75) is 11.9 Å². The van der Waals surface area contributed by atoms with Crippen molar-refractivity contribution in [3.8, 4) is 0 Å². The molecular weight excluding hydrogens is 383 g/mol. The molecule has 11 heteroatoms. The highest BCUT2D eigenvalue weighted by Gasteiger charge is 2.45. The first-order chi connectivity index (χ1) is 12.0. The molecule has 0 aliphatic heterocycles. The van der Waals surface area contributed by atoms with Crippen LogP contribution in [0.1, 0.15) is 5.56 Å². The summed E-state index contributed by atoms with van der Waals surface area (Å²) in [6.45, 7) is 0. The third kappa shape index (κ3) is 4.91. The lowest BCUT2D eigenvalue weighted by molar-refractivity contribution is -0.115. The molecule has 0 spiro atoms. The molecule has 0 saturated carbocycles. The van der Waals surface area contributed by atoms with E-state index in [0.717, 1.165) is 24.3 Å². The van der Waals surface area contributed by atoms with Crippen molar-refractivity contribution in [3.63, 3.8) is 0 Å². The van der Waals surface area contributed by atoms with Crippen LogP contribution in [0, 0.1) is 11.6 Å². The van der Waals surface area contributed by atoms with E-state index in [1.54, 1.807) is 0 Å². The van der Waals surface area contributed by atoms with Gasteiger partial charge in [-0.15, -0.1) is 0 Å². The van der Waals surface area contributed by atoms with E-state index in [2.05, 4.69) is 5.32 Å². The summed E-state index contributed by atoms with van der Waals surface area (Å²) in [5.74, 6) is -2.73. The maximum atomic E-state index is 13.1. The van der Waals surface area contributed by atoms with E-state index < -0.39 is 33.1 Å². The molecule has 0 unspecified atom stereocenters. The molecule has 0 radical (unpaired) electrons. The minimum absolute atomic E-state index is 0.174. The van der Waals surface area contributed by atoms with Crippen LogP contribution >= 0.6 is 0 Å². The molecule has 0 saturated heterocycles. The smallest absolute Gasteiger partial charge is 0.326 e. The molecule has 0 heterocycles. The fourth-order valence-corrected chi connectivity index (χ4v) is 2.44. The number of benzene rings is 2. The van der Waals surface area contributed by atoms with Crippen molar-refractivity contribution in [1.29, 1.82) is 0 Å². The first kappa shape index (κ1) is 19.6. The number of anilines is 2. The Hall–Kier alpha value is -2.69. The van der Waals surface area contributed by atoms with E-state index in [0.29, 0.717) is 0 Å². The number of hydrogen-bond acceptors (Lipinski definition) is 3. The highest BCUT2D eigenvalue weighted by molar-refractivity contribution is 7.93. The van der Waals surface area contributed by atoms with E-state index in [1.165, 1.54) is 22.9 Å². The number of amides is 1. The number of nitrogens with one attached hydrogen (secondary N) is 2. The van der Waals surface area contributed by atoms with Crippen LogP contribution in [-0.2, 0) is 21.2 Å². The molecule has 0 bridgehead atoms. The third-order valence-electron chi connectivity index (χ3n) is 3.07. The number of hydrogen-bond donors (Lipinski definition) is 2. The van der Waals surface area contributed by atoms with Gasteiger partial charge in [-0.2, -0.15) is 21.6 Å². The Balaban J connectivity index is 2.00. The summed E-state index contributed by atoms with van der Waals surface area (Å²) in [6.07, 6.45) is -0.264. The van der Waals surface area contributed by atoms with Crippen LogP contribution in [0.5, 0.6) is 0 Å². The molecule has 26 heavy (non-hydrogen) atoms. The van der Waals surface area contributed by atoms with Crippen LogP contribution < -0.4 is 10.0 Å². The van der Waals surface area contributed by atoms with Crippen LogP contribution in [0.4, 0.5) is 33.3 Å². The third-order valence-corrected chi connectivity index (χ3v) is 4.19. The molecule has 2 aromatic carbocycles. The zero-order valence-electron chi connectivity index (χ0n) is 12.8. The summed E-state index contributed by atoms with van der Waals surface area (Å²) in [7, 11) is -5.54. The molecule has 2 N–H and O–H groups in total. The second kappa shape index (κ2) is 7.28. The van der Waals surface area contributed by atoms with Gasteiger partial charge in [0.1, 0.15) is 0 Å². The Bertz CT molecular complexity index is 912. The maximum Gasteiger partial charge on any atom is 0.516 e. The first-order valence-electron chi connectivity index (χ1n) is 6.91. The van der Waals surface area contributed by atoms with Gasteiger partial charge in [0.05, 0.1) is 6.42 Å². The molecule has 0 atom stereocenters. The van der Waals surface area contributed by atoms with Gasteiger partial charge in [0.25, 0.3) is 0 Å². The van der Waals surface area contributed by atoms with Crippen molar-refractivity contribution in [2.24, 2.45) is 0 Å². The fraction of sp³-hybridized carbons (Fsp3) is 0.133. The lowest BCUT2D eigenvalue weighted by atomic mass is 10.1. The Labute approximate surface area is 144 Å². The summed E-state index contributed by atoms with van der Waals surface area (Å²) in [5, 5.41) is 2.39. The van der Waals surface area contributed by atoms with Gasteiger partial charge in [-0.1, -0.05) is 6.07 Å². The second-order valence-corrected chi connectivity index (χ2v) is 6.78. The number of sulfonamides is 1. The average Bonchev–Trinajstić information content (AvgIpc) is 2.51. The number of alkyl halides is 3. The molecular formula is C15H11F5N2O3S. The first-order valence-corrected chi connectivity index (χ1v) is 8.39. The van der Waals surface area contributed by atoms with Crippen LogP contribution in [0.25, 0.3) is 0 Å². The lowest BCUT2D eigenvalue weighted by Gasteiger charge is -2.11. The minimum Gasteiger partial charge on any atom is -0.326 e. The van der Waals surface area contributed by atoms with Crippen molar-refractivity contribution in [1.82, 2.24) is 0 Å². The van der Waals surface area contributed by atoms with Crippen molar-refractivity contribution in [3.05, 3.63) is 59.7 Å². The lowest BCUT2D eigenvalue weighted by Crippen LogP contribution is -2.29. The largest absolute Gasteiger partial charge is 0.516 e. The predicted molar refractivity (Wildman–Crippen MR) is 83.7 cm³/mol. The van der Waals surface area contributed by atoms with E-state index >= 15 is 0 Å². The second-order valence-electron chi connectivity index (χ2n) is 5.10. The van der Waals surface area contributed by atoms with Gasteiger partial charge in [-0.25, -0.2) is 8.78 Å². The molecule has 140 valence electrons. The Morgan fingerprint density at radius 3 is 2.04 bits per heavy atom. The fourth-order valence-electron chi connectivity index (χ4n) is 1.87. The van der Waals surface area contributed by atoms with Gasteiger partial charge in [0.15, 0.2) is 11.6 Å². The summed E-state index contributed by atoms with van der Waals surface area (Å²) in [5.41, 5.74) is -5.41. The number of carbonyl (C=O) groups is 1. The normalized spacial score (nSPS) is 11.9. The Morgan fingerprint density at radius 2 is 1.50 bits per heavy atom. The van der Waals surface area contributed by atoms with Gasteiger partial charge in [0.2, 0.25) is 5.91 Å².